The third kappa shape index (κ3) is 6.40. The first kappa shape index (κ1) is 17.2. The Morgan fingerprint density at radius 3 is 2.43 bits per heavy atom. The van der Waals surface area contributed by atoms with E-state index in [0.717, 1.165) is 17.5 Å². The van der Waals surface area contributed by atoms with E-state index in [4.69, 9.17) is 10.8 Å². The van der Waals surface area contributed by atoms with Crippen LogP contribution in [0.25, 0.3) is 0 Å². The van der Waals surface area contributed by atoms with Crippen molar-refractivity contribution in [3.63, 3.8) is 0 Å². The van der Waals surface area contributed by atoms with Crippen LogP contribution in [0.1, 0.15) is 43.4 Å². The van der Waals surface area contributed by atoms with Gasteiger partial charge >= 0.3 is 5.97 Å². The van der Waals surface area contributed by atoms with Crippen molar-refractivity contribution in [2.75, 3.05) is 6.54 Å². The first-order chi connectivity index (χ1) is 9.90. The molecule has 0 aliphatic carbocycles. The lowest BCUT2D eigenvalue weighted by Gasteiger charge is -2.14. The highest BCUT2D eigenvalue weighted by Crippen LogP contribution is 2.12. The van der Waals surface area contributed by atoms with Crippen molar-refractivity contribution >= 4 is 11.9 Å². The van der Waals surface area contributed by atoms with Crippen molar-refractivity contribution in [2.24, 2.45) is 11.7 Å². The predicted molar refractivity (Wildman–Crippen MR) is 81.8 cm³/mol. The summed E-state index contributed by atoms with van der Waals surface area (Å²) in [6.07, 6.45) is 1.53. The van der Waals surface area contributed by atoms with Crippen molar-refractivity contribution < 1.29 is 14.7 Å². The number of carbonyl (C=O) groups is 2. The van der Waals surface area contributed by atoms with Crippen LogP contribution in [0.3, 0.4) is 0 Å². The van der Waals surface area contributed by atoms with Gasteiger partial charge in [-0.1, -0.05) is 36.8 Å². The molecule has 0 fully saturated rings. The lowest BCUT2D eigenvalue weighted by atomic mass is 10.0. The minimum atomic E-state index is -0.785. The molecule has 0 saturated heterocycles. The van der Waals surface area contributed by atoms with E-state index in [1.54, 1.807) is 0 Å². The van der Waals surface area contributed by atoms with Gasteiger partial charge in [-0.15, -0.1) is 0 Å². The first-order valence-corrected chi connectivity index (χ1v) is 7.21. The van der Waals surface area contributed by atoms with Gasteiger partial charge in [-0.3, -0.25) is 9.59 Å². The molecule has 0 radical (unpaired) electrons. The molecule has 21 heavy (non-hydrogen) atoms. The second kappa shape index (κ2) is 8.42. The Balaban J connectivity index is 2.33. The largest absolute Gasteiger partial charge is 0.481 e. The Morgan fingerprint density at radius 1 is 1.24 bits per heavy atom. The Bertz CT molecular complexity index is 471. The number of hydrogen-bond donors (Lipinski definition) is 3. The minimum absolute atomic E-state index is 0.165. The number of hydrogen-bond acceptors (Lipinski definition) is 3. The minimum Gasteiger partial charge on any atom is -0.481 e. The Hall–Kier alpha value is -1.88. The highest BCUT2D eigenvalue weighted by Gasteiger charge is 2.15. The van der Waals surface area contributed by atoms with Gasteiger partial charge in [0.15, 0.2) is 0 Å². The zero-order valence-electron chi connectivity index (χ0n) is 12.6. The Morgan fingerprint density at radius 2 is 1.86 bits per heavy atom. The number of amides is 1. The van der Waals surface area contributed by atoms with E-state index in [9.17, 15) is 9.59 Å². The number of carbonyl (C=O) groups excluding carboxylic acids is 1. The third-order valence-electron chi connectivity index (χ3n) is 3.51. The van der Waals surface area contributed by atoms with Gasteiger partial charge in [-0.05, 0) is 31.2 Å². The summed E-state index contributed by atoms with van der Waals surface area (Å²) in [6.45, 7) is 4.47. The first-order valence-electron chi connectivity index (χ1n) is 7.21. The SMILES string of the molecule is Cc1ccc(C(N)C(=O)NCCC(C)CCC(=O)O)cc1. The summed E-state index contributed by atoms with van der Waals surface area (Å²) in [5, 5.41) is 11.4. The summed E-state index contributed by atoms with van der Waals surface area (Å²) >= 11 is 0. The molecule has 0 saturated carbocycles. The molecule has 0 aromatic heterocycles. The van der Waals surface area contributed by atoms with Crippen LogP contribution in [0.15, 0.2) is 24.3 Å². The molecule has 1 aromatic carbocycles. The predicted octanol–water partition coefficient (Wildman–Crippen LogP) is 2.00. The topological polar surface area (TPSA) is 92.4 Å². The maximum atomic E-state index is 11.9. The van der Waals surface area contributed by atoms with Crippen LogP contribution in [-0.4, -0.2) is 23.5 Å². The van der Waals surface area contributed by atoms with Crippen LogP contribution in [0.4, 0.5) is 0 Å². The lowest BCUT2D eigenvalue weighted by Crippen LogP contribution is -2.35. The molecule has 2 unspecified atom stereocenters. The second-order valence-corrected chi connectivity index (χ2v) is 5.51. The molecule has 116 valence electrons. The summed E-state index contributed by atoms with van der Waals surface area (Å²) in [4.78, 5) is 22.4. The van der Waals surface area contributed by atoms with Gasteiger partial charge in [0.05, 0.1) is 0 Å². The standard InChI is InChI=1S/C16H24N2O3/c1-11-3-6-13(7-4-11)15(17)16(21)18-10-9-12(2)5-8-14(19)20/h3-4,6-7,12,15H,5,8-10,17H2,1-2H3,(H,18,21)(H,19,20). The van der Waals surface area contributed by atoms with Crippen LogP contribution in [0, 0.1) is 12.8 Å². The summed E-state index contributed by atoms with van der Waals surface area (Å²) < 4.78 is 0. The fourth-order valence-corrected chi connectivity index (χ4v) is 1.99. The van der Waals surface area contributed by atoms with Crippen LogP contribution < -0.4 is 11.1 Å². The van der Waals surface area contributed by atoms with Crippen LogP contribution in [0.2, 0.25) is 0 Å². The quantitative estimate of drug-likeness (QED) is 0.683. The lowest BCUT2D eigenvalue weighted by molar-refractivity contribution is -0.137. The van der Waals surface area contributed by atoms with E-state index in [-0.39, 0.29) is 18.2 Å². The number of rotatable bonds is 8. The van der Waals surface area contributed by atoms with Crippen LogP contribution in [-0.2, 0) is 9.59 Å². The molecule has 0 aliphatic rings. The fourth-order valence-electron chi connectivity index (χ4n) is 1.99. The molecule has 5 heteroatoms. The molecule has 1 rings (SSSR count). The molecule has 0 heterocycles. The molecule has 4 N–H and O–H groups in total. The van der Waals surface area contributed by atoms with Gasteiger partial charge in [0.1, 0.15) is 6.04 Å². The Labute approximate surface area is 125 Å². The molecule has 2 atom stereocenters. The van der Waals surface area contributed by atoms with E-state index >= 15 is 0 Å². The Kier molecular flexibility index (Phi) is 6.88. The summed E-state index contributed by atoms with van der Waals surface area (Å²) in [5.74, 6) is -0.728. The van der Waals surface area contributed by atoms with E-state index in [2.05, 4.69) is 5.32 Å². The van der Waals surface area contributed by atoms with E-state index in [1.165, 1.54) is 0 Å². The maximum Gasteiger partial charge on any atom is 0.303 e. The summed E-state index contributed by atoms with van der Waals surface area (Å²) in [5.41, 5.74) is 7.83. The average molecular weight is 292 g/mol. The molecular formula is C16H24N2O3. The van der Waals surface area contributed by atoms with E-state index in [1.807, 2.05) is 38.1 Å². The van der Waals surface area contributed by atoms with Gasteiger partial charge in [-0.25, -0.2) is 0 Å². The maximum absolute atomic E-state index is 11.9. The fraction of sp³-hybridized carbons (Fsp3) is 0.500. The van der Waals surface area contributed by atoms with E-state index in [0.29, 0.717) is 13.0 Å². The van der Waals surface area contributed by atoms with Gasteiger partial charge < -0.3 is 16.2 Å². The normalized spacial score (nSPS) is 13.5. The number of nitrogens with one attached hydrogen (secondary N) is 1. The molecule has 0 bridgehead atoms. The average Bonchev–Trinajstić information content (AvgIpc) is 2.45. The molecular weight excluding hydrogens is 268 g/mol. The van der Waals surface area contributed by atoms with Gasteiger partial charge in [0.25, 0.3) is 0 Å². The van der Waals surface area contributed by atoms with Gasteiger partial charge in [-0.2, -0.15) is 0 Å². The van der Waals surface area contributed by atoms with Crippen molar-refractivity contribution in [3.8, 4) is 0 Å². The number of benzene rings is 1. The van der Waals surface area contributed by atoms with Crippen molar-refractivity contribution in [1.29, 1.82) is 0 Å². The van der Waals surface area contributed by atoms with Gasteiger partial charge in [0.2, 0.25) is 5.91 Å². The van der Waals surface area contributed by atoms with Crippen molar-refractivity contribution in [1.82, 2.24) is 5.32 Å². The zero-order chi connectivity index (χ0) is 15.8. The molecule has 1 amide bonds. The highest BCUT2D eigenvalue weighted by atomic mass is 16.4. The smallest absolute Gasteiger partial charge is 0.303 e. The summed E-state index contributed by atoms with van der Waals surface area (Å²) in [7, 11) is 0. The molecule has 1 aromatic rings. The third-order valence-corrected chi connectivity index (χ3v) is 3.51. The summed E-state index contributed by atoms with van der Waals surface area (Å²) in [6, 6.07) is 6.90. The van der Waals surface area contributed by atoms with Crippen molar-refractivity contribution in [3.05, 3.63) is 35.4 Å². The number of carboxylic acids is 1. The van der Waals surface area contributed by atoms with Crippen molar-refractivity contribution in [2.45, 2.75) is 39.2 Å². The molecule has 0 spiro atoms. The monoisotopic (exact) mass is 292 g/mol. The number of aryl methyl sites for hydroxylation is 1. The zero-order valence-corrected chi connectivity index (χ0v) is 12.6. The second-order valence-electron chi connectivity index (χ2n) is 5.51. The molecule has 5 nitrogen and oxygen atoms in total. The number of nitrogens with two attached hydrogens (primary N) is 1. The number of aliphatic carboxylic acids is 1. The van der Waals surface area contributed by atoms with Gasteiger partial charge in [0, 0.05) is 13.0 Å². The van der Waals surface area contributed by atoms with E-state index < -0.39 is 12.0 Å². The molecule has 0 aliphatic heterocycles. The highest BCUT2D eigenvalue weighted by molar-refractivity contribution is 5.82. The van der Waals surface area contributed by atoms with Crippen LogP contribution in [0.5, 0.6) is 0 Å². The van der Waals surface area contributed by atoms with Crippen LogP contribution >= 0.6 is 0 Å². The number of carboxylic acid groups (broad SMARTS) is 1.